The summed E-state index contributed by atoms with van der Waals surface area (Å²) in [7, 11) is 0. The van der Waals surface area contributed by atoms with Crippen molar-refractivity contribution in [2.75, 3.05) is 39.4 Å². The minimum Gasteiger partial charge on any atom is -0.450 e. The van der Waals surface area contributed by atoms with E-state index in [0.29, 0.717) is 52.2 Å². The summed E-state index contributed by atoms with van der Waals surface area (Å²) in [6.07, 6.45) is 2.23. The van der Waals surface area contributed by atoms with Gasteiger partial charge in [-0.15, -0.1) is 0 Å². The summed E-state index contributed by atoms with van der Waals surface area (Å²) >= 11 is 0. The van der Waals surface area contributed by atoms with Gasteiger partial charge in [-0.3, -0.25) is 4.79 Å². The highest BCUT2D eigenvalue weighted by atomic mass is 16.6. The van der Waals surface area contributed by atoms with Crippen LogP contribution in [0, 0.1) is 5.92 Å². The van der Waals surface area contributed by atoms with Gasteiger partial charge >= 0.3 is 12.2 Å². The van der Waals surface area contributed by atoms with E-state index in [9.17, 15) is 14.4 Å². The van der Waals surface area contributed by atoms with Crippen molar-refractivity contribution >= 4 is 18.1 Å². The zero-order valence-electron chi connectivity index (χ0n) is 15.2. The molecule has 0 saturated carbocycles. The average molecular weight is 355 g/mol. The predicted octanol–water partition coefficient (Wildman–Crippen LogP) is 1.59. The van der Waals surface area contributed by atoms with Crippen molar-refractivity contribution < 1.29 is 23.9 Å². The molecule has 25 heavy (non-hydrogen) atoms. The highest BCUT2D eigenvalue weighted by Crippen LogP contribution is 2.19. The van der Waals surface area contributed by atoms with Crippen LogP contribution in [0.2, 0.25) is 0 Å². The van der Waals surface area contributed by atoms with Gasteiger partial charge in [-0.1, -0.05) is 0 Å². The molecule has 2 fully saturated rings. The fourth-order valence-electron chi connectivity index (χ4n) is 3.28. The largest absolute Gasteiger partial charge is 0.450 e. The third-order valence-electron chi connectivity index (χ3n) is 4.76. The van der Waals surface area contributed by atoms with Crippen molar-refractivity contribution in [3.8, 4) is 0 Å². The van der Waals surface area contributed by atoms with Crippen molar-refractivity contribution in [2.24, 2.45) is 5.92 Å². The van der Waals surface area contributed by atoms with Gasteiger partial charge in [-0.05, 0) is 39.5 Å². The van der Waals surface area contributed by atoms with Gasteiger partial charge in [-0.25, -0.2) is 9.59 Å². The molecule has 2 aliphatic heterocycles. The van der Waals surface area contributed by atoms with E-state index in [1.54, 1.807) is 23.6 Å². The number of carbonyl (C=O) groups excluding carboxylic acids is 3. The molecule has 2 rings (SSSR count). The van der Waals surface area contributed by atoms with Crippen LogP contribution in [0.5, 0.6) is 0 Å². The van der Waals surface area contributed by atoms with Crippen molar-refractivity contribution in [2.45, 2.75) is 45.6 Å². The number of hydrogen-bond acceptors (Lipinski definition) is 5. The number of likely N-dealkylation sites (tertiary alicyclic amines) is 2. The lowest BCUT2D eigenvalue weighted by Gasteiger charge is -2.34. The van der Waals surface area contributed by atoms with E-state index < -0.39 is 0 Å². The van der Waals surface area contributed by atoms with Crippen molar-refractivity contribution in [1.29, 1.82) is 0 Å². The average Bonchev–Trinajstić information content (AvgIpc) is 2.63. The molecule has 1 N–H and O–H groups in total. The molecule has 142 valence electrons. The maximum atomic E-state index is 12.4. The third-order valence-corrected chi connectivity index (χ3v) is 4.76. The molecule has 0 aliphatic carbocycles. The maximum absolute atomic E-state index is 12.4. The second kappa shape index (κ2) is 9.48. The molecule has 2 heterocycles. The summed E-state index contributed by atoms with van der Waals surface area (Å²) in [4.78, 5) is 39.1. The second-order valence-corrected chi connectivity index (χ2v) is 6.43. The van der Waals surface area contributed by atoms with Crippen molar-refractivity contribution in [1.82, 2.24) is 15.1 Å². The molecule has 0 spiro atoms. The van der Waals surface area contributed by atoms with Gasteiger partial charge in [0.15, 0.2) is 0 Å². The Morgan fingerprint density at radius 3 is 1.72 bits per heavy atom. The quantitative estimate of drug-likeness (QED) is 0.827. The standard InChI is InChI=1S/C17H29N3O5/c1-3-24-16(22)19-9-5-13(6-10-19)15(21)18-14-7-11-20(12-8-14)17(23)25-4-2/h13-14H,3-12H2,1-2H3,(H,18,21). The van der Waals surface area contributed by atoms with E-state index in [0.717, 1.165) is 12.8 Å². The fourth-order valence-corrected chi connectivity index (χ4v) is 3.28. The summed E-state index contributed by atoms with van der Waals surface area (Å²) in [5.74, 6) is -0.00754. The van der Waals surface area contributed by atoms with Crippen LogP contribution < -0.4 is 5.32 Å². The number of piperidine rings is 2. The van der Waals surface area contributed by atoms with E-state index in [1.165, 1.54) is 0 Å². The molecule has 0 bridgehead atoms. The fraction of sp³-hybridized carbons (Fsp3) is 0.824. The SMILES string of the molecule is CCOC(=O)N1CCC(NC(=O)C2CCN(C(=O)OCC)CC2)CC1. The Hall–Kier alpha value is -1.99. The zero-order chi connectivity index (χ0) is 18.2. The summed E-state index contributed by atoms with van der Waals surface area (Å²) in [6, 6.07) is 0.0984. The van der Waals surface area contributed by atoms with E-state index in [2.05, 4.69) is 5.32 Å². The lowest BCUT2D eigenvalue weighted by atomic mass is 9.95. The molecule has 3 amide bonds. The summed E-state index contributed by atoms with van der Waals surface area (Å²) in [5, 5.41) is 3.10. The molecule has 8 heteroatoms. The normalized spacial score (nSPS) is 19.4. The first kappa shape index (κ1) is 19.3. The van der Waals surface area contributed by atoms with Gasteiger partial charge < -0.3 is 24.6 Å². The molecule has 0 radical (unpaired) electrons. The third kappa shape index (κ3) is 5.51. The van der Waals surface area contributed by atoms with Crippen LogP contribution in [0.3, 0.4) is 0 Å². The van der Waals surface area contributed by atoms with E-state index >= 15 is 0 Å². The number of ether oxygens (including phenoxy) is 2. The topological polar surface area (TPSA) is 88.2 Å². The van der Waals surface area contributed by atoms with Crippen LogP contribution in [-0.4, -0.2) is 73.3 Å². The van der Waals surface area contributed by atoms with Gasteiger partial charge in [0.2, 0.25) is 5.91 Å². The lowest BCUT2D eigenvalue weighted by Crippen LogP contribution is -2.49. The highest BCUT2D eigenvalue weighted by molar-refractivity contribution is 5.79. The minimum atomic E-state index is -0.298. The van der Waals surface area contributed by atoms with Crippen LogP contribution in [0.4, 0.5) is 9.59 Å². The van der Waals surface area contributed by atoms with Crippen LogP contribution in [0.25, 0.3) is 0 Å². The Morgan fingerprint density at radius 1 is 0.840 bits per heavy atom. The summed E-state index contributed by atoms with van der Waals surface area (Å²) < 4.78 is 9.99. The Labute approximate surface area is 148 Å². The first-order chi connectivity index (χ1) is 12.0. The van der Waals surface area contributed by atoms with Gasteiger partial charge in [-0.2, -0.15) is 0 Å². The number of nitrogens with one attached hydrogen (secondary N) is 1. The summed E-state index contributed by atoms with van der Waals surface area (Å²) in [5.41, 5.74) is 0. The van der Waals surface area contributed by atoms with Gasteiger partial charge in [0, 0.05) is 38.1 Å². The van der Waals surface area contributed by atoms with Crippen molar-refractivity contribution in [3.63, 3.8) is 0 Å². The Bertz CT molecular complexity index is 469. The van der Waals surface area contributed by atoms with E-state index in [-0.39, 0.29) is 30.1 Å². The van der Waals surface area contributed by atoms with Crippen LogP contribution in [0.1, 0.15) is 39.5 Å². The Balaban J connectivity index is 1.70. The number of amides is 3. The molecule has 2 saturated heterocycles. The molecular weight excluding hydrogens is 326 g/mol. The lowest BCUT2D eigenvalue weighted by molar-refractivity contribution is -0.127. The molecule has 2 aliphatic rings. The van der Waals surface area contributed by atoms with Crippen LogP contribution >= 0.6 is 0 Å². The smallest absolute Gasteiger partial charge is 0.409 e. The van der Waals surface area contributed by atoms with Crippen LogP contribution in [-0.2, 0) is 14.3 Å². The predicted molar refractivity (Wildman–Crippen MR) is 91.1 cm³/mol. The zero-order valence-corrected chi connectivity index (χ0v) is 15.2. The minimum absolute atomic E-state index is 0.0538. The van der Waals surface area contributed by atoms with Crippen LogP contribution in [0.15, 0.2) is 0 Å². The van der Waals surface area contributed by atoms with E-state index in [1.807, 2.05) is 0 Å². The Kier molecular flexibility index (Phi) is 7.33. The first-order valence-electron chi connectivity index (χ1n) is 9.18. The van der Waals surface area contributed by atoms with Gasteiger partial charge in [0.05, 0.1) is 13.2 Å². The maximum Gasteiger partial charge on any atom is 0.409 e. The highest BCUT2D eigenvalue weighted by Gasteiger charge is 2.30. The molecule has 0 atom stereocenters. The second-order valence-electron chi connectivity index (χ2n) is 6.43. The number of carbonyl (C=O) groups is 3. The Morgan fingerprint density at radius 2 is 1.28 bits per heavy atom. The van der Waals surface area contributed by atoms with Gasteiger partial charge in [0.25, 0.3) is 0 Å². The number of nitrogens with zero attached hydrogens (tertiary/aromatic N) is 2. The monoisotopic (exact) mass is 355 g/mol. The van der Waals surface area contributed by atoms with Crippen molar-refractivity contribution in [3.05, 3.63) is 0 Å². The molecular formula is C17H29N3O5. The molecule has 0 aromatic rings. The van der Waals surface area contributed by atoms with E-state index in [4.69, 9.17) is 9.47 Å². The number of rotatable bonds is 4. The molecule has 0 aromatic carbocycles. The first-order valence-corrected chi connectivity index (χ1v) is 9.18. The number of hydrogen-bond donors (Lipinski definition) is 1. The van der Waals surface area contributed by atoms with Gasteiger partial charge in [0.1, 0.15) is 0 Å². The molecule has 0 aromatic heterocycles. The molecule has 8 nitrogen and oxygen atoms in total. The summed E-state index contributed by atoms with van der Waals surface area (Å²) in [6.45, 7) is 6.62. The molecule has 0 unspecified atom stereocenters.